The summed E-state index contributed by atoms with van der Waals surface area (Å²) in [7, 11) is 0. The summed E-state index contributed by atoms with van der Waals surface area (Å²) < 4.78 is 0. The van der Waals surface area contributed by atoms with E-state index >= 15 is 0 Å². The SMILES string of the molecule is N#Cc1ccc2ncc3nc(Cc4cncs4)[nH]c3c2c1. The maximum absolute atomic E-state index is 9.04. The van der Waals surface area contributed by atoms with Crippen LogP contribution >= 0.6 is 11.3 Å². The average molecular weight is 291 g/mol. The van der Waals surface area contributed by atoms with Crippen LogP contribution in [0.5, 0.6) is 0 Å². The molecule has 0 aliphatic rings. The number of aromatic nitrogens is 4. The zero-order valence-corrected chi connectivity index (χ0v) is 11.7. The van der Waals surface area contributed by atoms with Crippen LogP contribution < -0.4 is 0 Å². The zero-order chi connectivity index (χ0) is 14.2. The van der Waals surface area contributed by atoms with Crippen molar-refractivity contribution in [1.82, 2.24) is 19.9 Å². The Bertz CT molecular complexity index is 979. The number of fused-ring (bicyclic) bond motifs is 3. The van der Waals surface area contributed by atoms with E-state index in [4.69, 9.17) is 5.26 Å². The van der Waals surface area contributed by atoms with Crippen LogP contribution in [-0.2, 0) is 6.42 Å². The molecule has 4 rings (SSSR count). The summed E-state index contributed by atoms with van der Waals surface area (Å²) in [6.07, 6.45) is 4.33. The van der Waals surface area contributed by atoms with Gasteiger partial charge in [-0.15, -0.1) is 11.3 Å². The lowest BCUT2D eigenvalue weighted by atomic mass is 10.1. The molecule has 0 bridgehead atoms. The Kier molecular flexibility index (Phi) is 2.66. The van der Waals surface area contributed by atoms with E-state index in [1.54, 1.807) is 23.6 Å². The quantitative estimate of drug-likeness (QED) is 0.615. The predicted octanol–water partition coefficient (Wildman–Crippen LogP) is 3.03. The summed E-state index contributed by atoms with van der Waals surface area (Å²) in [5.74, 6) is 0.880. The molecular formula is C15H9N5S. The number of pyridine rings is 1. The number of hydrogen-bond donors (Lipinski definition) is 1. The van der Waals surface area contributed by atoms with Crippen molar-refractivity contribution >= 4 is 33.3 Å². The van der Waals surface area contributed by atoms with E-state index in [1.807, 2.05) is 23.8 Å². The van der Waals surface area contributed by atoms with Gasteiger partial charge < -0.3 is 4.98 Å². The Labute approximate surface area is 123 Å². The number of imidazole rings is 1. The van der Waals surface area contributed by atoms with Gasteiger partial charge in [-0.2, -0.15) is 5.26 Å². The summed E-state index contributed by atoms with van der Waals surface area (Å²) in [5, 5.41) is 9.97. The monoisotopic (exact) mass is 291 g/mol. The standard InChI is InChI=1S/C15H9N5S/c16-5-9-1-2-12-11(3-9)15-13(7-18-12)19-14(20-15)4-10-6-17-8-21-10/h1-3,6-8H,4H2,(H,19,20). The number of nitrogens with one attached hydrogen (secondary N) is 1. The average Bonchev–Trinajstić information content (AvgIpc) is 3.16. The van der Waals surface area contributed by atoms with Gasteiger partial charge in [-0.3, -0.25) is 9.97 Å². The Morgan fingerprint density at radius 2 is 2.19 bits per heavy atom. The van der Waals surface area contributed by atoms with Crippen LogP contribution in [0.1, 0.15) is 16.3 Å². The summed E-state index contributed by atoms with van der Waals surface area (Å²) in [5.41, 5.74) is 5.03. The second-order valence-corrected chi connectivity index (χ2v) is 5.66. The van der Waals surface area contributed by atoms with Gasteiger partial charge in [0.05, 0.1) is 34.4 Å². The minimum atomic E-state index is 0.621. The second-order valence-electron chi connectivity index (χ2n) is 4.69. The van der Waals surface area contributed by atoms with Gasteiger partial charge in [-0.05, 0) is 18.2 Å². The van der Waals surface area contributed by atoms with Crippen molar-refractivity contribution in [2.24, 2.45) is 0 Å². The van der Waals surface area contributed by atoms with Crippen LogP contribution in [0, 0.1) is 11.3 Å². The van der Waals surface area contributed by atoms with Crippen LogP contribution in [-0.4, -0.2) is 19.9 Å². The maximum atomic E-state index is 9.04. The first-order valence-electron chi connectivity index (χ1n) is 6.38. The molecule has 3 aromatic heterocycles. The van der Waals surface area contributed by atoms with Crippen LogP contribution in [0.4, 0.5) is 0 Å². The molecule has 1 N–H and O–H groups in total. The lowest BCUT2D eigenvalue weighted by molar-refractivity contribution is 1.05. The molecule has 0 aliphatic heterocycles. The Balaban J connectivity index is 1.90. The van der Waals surface area contributed by atoms with Crippen molar-refractivity contribution in [2.45, 2.75) is 6.42 Å². The lowest BCUT2D eigenvalue weighted by Crippen LogP contribution is -1.86. The molecule has 3 heterocycles. The van der Waals surface area contributed by atoms with Crippen molar-refractivity contribution in [3.63, 3.8) is 0 Å². The van der Waals surface area contributed by atoms with Crippen molar-refractivity contribution in [2.75, 3.05) is 0 Å². The highest BCUT2D eigenvalue weighted by Gasteiger charge is 2.09. The number of rotatable bonds is 2. The first-order valence-corrected chi connectivity index (χ1v) is 7.26. The molecule has 0 saturated heterocycles. The molecule has 1 aromatic carbocycles. The smallest absolute Gasteiger partial charge is 0.112 e. The number of aromatic amines is 1. The molecule has 100 valence electrons. The topological polar surface area (TPSA) is 78.2 Å². The Morgan fingerprint density at radius 1 is 1.24 bits per heavy atom. The Hall–Kier alpha value is -2.78. The van der Waals surface area contributed by atoms with Gasteiger partial charge in [0.2, 0.25) is 0 Å². The molecule has 0 atom stereocenters. The molecule has 4 aromatic rings. The maximum Gasteiger partial charge on any atom is 0.112 e. The molecule has 0 amide bonds. The third kappa shape index (κ3) is 2.04. The number of thiazole rings is 1. The molecular weight excluding hydrogens is 282 g/mol. The fourth-order valence-electron chi connectivity index (χ4n) is 2.36. The van der Waals surface area contributed by atoms with Gasteiger partial charge >= 0.3 is 0 Å². The molecule has 0 spiro atoms. The lowest BCUT2D eigenvalue weighted by Gasteiger charge is -1.98. The van der Waals surface area contributed by atoms with Gasteiger partial charge in [-0.25, -0.2) is 4.98 Å². The highest BCUT2D eigenvalue weighted by molar-refractivity contribution is 7.09. The molecule has 0 fully saturated rings. The number of H-pyrrole nitrogens is 1. The van der Waals surface area contributed by atoms with E-state index in [2.05, 4.69) is 26.0 Å². The molecule has 0 aliphatic carbocycles. The Morgan fingerprint density at radius 3 is 3.00 bits per heavy atom. The first-order chi connectivity index (χ1) is 10.3. The first kappa shape index (κ1) is 12.0. The van der Waals surface area contributed by atoms with E-state index in [0.29, 0.717) is 5.56 Å². The van der Waals surface area contributed by atoms with E-state index in [9.17, 15) is 0 Å². The minimum absolute atomic E-state index is 0.621. The van der Waals surface area contributed by atoms with Crippen molar-refractivity contribution in [1.29, 1.82) is 5.26 Å². The molecule has 6 heteroatoms. The molecule has 21 heavy (non-hydrogen) atoms. The van der Waals surface area contributed by atoms with Crippen LogP contribution in [0.15, 0.2) is 36.1 Å². The number of benzene rings is 1. The zero-order valence-electron chi connectivity index (χ0n) is 10.9. The van der Waals surface area contributed by atoms with E-state index < -0.39 is 0 Å². The fourth-order valence-corrected chi connectivity index (χ4v) is 2.96. The number of nitrogens with zero attached hydrogens (tertiary/aromatic N) is 4. The molecule has 0 radical (unpaired) electrons. The number of hydrogen-bond acceptors (Lipinski definition) is 5. The van der Waals surface area contributed by atoms with E-state index in [1.165, 1.54) is 0 Å². The van der Waals surface area contributed by atoms with Crippen molar-refractivity contribution in [3.8, 4) is 6.07 Å². The summed E-state index contributed by atoms with van der Waals surface area (Å²) in [6, 6.07) is 7.64. The van der Waals surface area contributed by atoms with Crippen molar-refractivity contribution in [3.05, 3.63) is 52.4 Å². The summed E-state index contributed by atoms with van der Waals surface area (Å²) >= 11 is 1.61. The largest absolute Gasteiger partial charge is 0.341 e. The van der Waals surface area contributed by atoms with Crippen LogP contribution in [0.3, 0.4) is 0 Å². The normalized spacial score (nSPS) is 11.0. The summed E-state index contributed by atoms with van der Waals surface area (Å²) in [6.45, 7) is 0. The minimum Gasteiger partial charge on any atom is -0.341 e. The second kappa shape index (κ2) is 4.65. The predicted molar refractivity (Wildman–Crippen MR) is 81.0 cm³/mol. The summed E-state index contributed by atoms with van der Waals surface area (Å²) in [4.78, 5) is 17.5. The van der Waals surface area contributed by atoms with Crippen LogP contribution in [0.25, 0.3) is 21.9 Å². The van der Waals surface area contributed by atoms with Gasteiger partial charge in [0.1, 0.15) is 11.3 Å². The highest BCUT2D eigenvalue weighted by Crippen LogP contribution is 2.23. The van der Waals surface area contributed by atoms with Gasteiger partial charge in [0.15, 0.2) is 0 Å². The molecule has 0 unspecified atom stereocenters. The third-order valence-corrected chi connectivity index (χ3v) is 4.11. The molecule has 5 nitrogen and oxygen atoms in total. The van der Waals surface area contributed by atoms with Gasteiger partial charge in [-0.1, -0.05) is 0 Å². The number of nitriles is 1. The van der Waals surface area contributed by atoms with E-state index in [-0.39, 0.29) is 0 Å². The molecule has 0 saturated carbocycles. The third-order valence-electron chi connectivity index (χ3n) is 3.33. The van der Waals surface area contributed by atoms with Crippen LogP contribution in [0.2, 0.25) is 0 Å². The highest BCUT2D eigenvalue weighted by atomic mass is 32.1. The van der Waals surface area contributed by atoms with Gasteiger partial charge in [0, 0.05) is 22.9 Å². The van der Waals surface area contributed by atoms with Crippen molar-refractivity contribution < 1.29 is 0 Å². The van der Waals surface area contributed by atoms with E-state index in [0.717, 1.165) is 39.1 Å². The van der Waals surface area contributed by atoms with Gasteiger partial charge in [0.25, 0.3) is 0 Å². The fraction of sp³-hybridized carbons (Fsp3) is 0.0667.